The highest BCUT2D eigenvalue weighted by Crippen LogP contribution is 2.27. The summed E-state index contributed by atoms with van der Waals surface area (Å²) in [7, 11) is -2.55. The lowest BCUT2D eigenvalue weighted by atomic mass is 10.2. The molecule has 0 spiro atoms. The Kier molecular flexibility index (Phi) is 7.12. The zero-order valence-corrected chi connectivity index (χ0v) is 15.1. The van der Waals surface area contributed by atoms with Crippen LogP contribution < -0.4 is 5.32 Å². The van der Waals surface area contributed by atoms with E-state index in [0.717, 1.165) is 17.1 Å². The first-order valence-electron chi connectivity index (χ1n) is 6.89. The topological polar surface area (TPSA) is 66.5 Å². The monoisotopic (exact) mass is 366 g/mol. The number of likely N-dealkylation sites (N-methyl/N-ethyl adjacent to an activating group) is 1. The lowest BCUT2D eigenvalue weighted by Gasteiger charge is -2.19. The predicted molar refractivity (Wildman–Crippen MR) is 88.8 cm³/mol. The lowest BCUT2D eigenvalue weighted by Crippen LogP contribution is -2.41. The van der Waals surface area contributed by atoms with Gasteiger partial charge in [0.05, 0.1) is 11.6 Å². The molecule has 0 unspecified atom stereocenters. The van der Waals surface area contributed by atoms with Crippen molar-refractivity contribution in [1.82, 2.24) is 9.62 Å². The largest absolute Gasteiger partial charge is 0.353 e. The predicted octanol–water partition coefficient (Wildman–Crippen LogP) is 2.92. The van der Waals surface area contributed by atoms with Gasteiger partial charge < -0.3 is 5.32 Å². The van der Waals surface area contributed by atoms with Gasteiger partial charge in [-0.1, -0.05) is 36.5 Å². The molecule has 5 nitrogen and oxygen atoms in total. The quantitative estimate of drug-likeness (QED) is 0.806. The Bertz CT molecular complexity index is 635. The number of carbonyl (C=O) groups is 1. The number of hydrogen-bond donors (Lipinski definition) is 1. The molecular weight excluding hydrogens is 347 g/mol. The fourth-order valence-corrected chi connectivity index (χ4v) is 3.82. The maximum atomic E-state index is 12.5. The molecule has 1 N–H and O–H groups in total. The summed E-state index contributed by atoms with van der Waals surface area (Å²) >= 11 is 11.7. The van der Waals surface area contributed by atoms with Crippen LogP contribution in [0.25, 0.3) is 0 Å². The van der Waals surface area contributed by atoms with Gasteiger partial charge in [-0.25, -0.2) is 8.42 Å². The second-order valence-corrected chi connectivity index (χ2v) is 7.95. The van der Waals surface area contributed by atoms with Crippen LogP contribution in [-0.2, 0) is 14.8 Å². The number of benzene rings is 1. The van der Waals surface area contributed by atoms with E-state index in [1.54, 1.807) is 0 Å². The molecule has 0 heterocycles. The standard InChI is InChI=1S/C14H20Cl2N2O3S/c1-4-5-10(2)17-14(19)9-18(3)22(20,21)13-8-11(15)6-7-12(13)16/h6-8,10H,4-5,9H2,1-3H3,(H,17,19)/t10-/m1/s1. The summed E-state index contributed by atoms with van der Waals surface area (Å²) in [6.07, 6.45) is 1.77. The van der Waals surface area contributed by atoms with Gasteiger partial charge in [0.1, 0.15) is 4.90 Å². The van der Waals surface area contributed by atoms with Crippen LogP contribution in [0.3, 0.4) is 0 Å². The van der Waals surface area contributed by atoms with Crippen LogP contribution in [0.1, 0.15) is 26.7 Å². The van der Waals surface area contributed by atoms with Crippen LogP contribution >= 0.6 is 23.2 Å². The average molecular weight is 367 g/mol. The number of hydrogen-bond acceptors (Lipinski definition) is 3. The normalized spacial score (nSPS) is 13.2. The first-order valence-corrected chi connectivity index (χ1v) is 9.08. The first-order chi connectivity index (χ1) is 10.2. The molecule has 0 aliphatic heterocycles. The fraction of sp³-hybridized carbons (Fsp3) is 0.500. The van der Waals surface area contributed by atoms with Gasteiger partial charge in [0.15, 0.2) is 0 Å². The van der Waals surface area contributed by atoms with E-state index in [1.807, 2.05) is 13.8 Å². The van der Waals surface area contributed by atoms with Gasteiger partial charge in [0, 0.05) is 18.1 Å². The lowest BCUT2D eigenvalue weighted by molar-refractivity contribution is -0.121. The molecule has 0 aromatic heterocycles. The fourth-order valence-electron chi connectivity index (χ4n) is 1.96. The van der Waals surface area contributed by atoms with E-state index in [-0.39, 0.29) is 33.4 Å². The Morgan fingerprint density at radius 2 is 2.00 bits per heavy atom. The van der Waals surface area contributed by atoms with Crippen LogP contribution in [0, 0.1) is 0 Å². The van der Waals surface area contributed by atoms with E-state index in [4.69, 9.17) is 23.2 Å². The van der Waals surface area contributed by atoms with Crippen molar-refractivity contribution in [1.29, 1.82) is 0 Å². The minimum Gasteiger partial charge on any atom is -0.353 e. The number of rotatable bonds is 7. The van der Waals surface area contributed by atoms with E-state index in [0.29, 0.717) is 0 Å². The van der Waals surface area contributed by atoms with Gasteiger partial charge in [-0.15, -0.1) is 0 Å². The molecule has 0 saturated carbocycles. The molecule has 0 bridgehead atoms. The van der Waals surface area contributed by atoms with Gasteiger partial charge in [-0.05, 0) is 31.5 Å². The molecule has 0 aliphatic rings. The zero-order chi connectivity index (χ0) is 16.9. The van der Waals surface area contributed by atoms with Crippen LogP contribution in [0.5, 0.6) is 0 Å². The van der Waals surface area contributed by atoms with Gasteiger partial charge in [0.25, 0.3) is 0 Å². The molecule has 22 heavy (non-hydrogen) atoms. The Morgan fingerprint density at radius 1 is 1.36 bits per heavy atom. The Labute approximate surface area is 141 Å². The highest BCUT2D eigenvalue weighted by atomic mass is 35.5. The Hall–Kier alpha value is -0.820. The second kappa shape index (κ2) is 8.15. The number of carbonyl (C=O) groups excluding carboxylic acids is 1. The smallest absolute Gasteiger partial charge is 0.244 e. The van der Waals surface area contributed by atoms with Crippen LogP contribution in [0.15, 0.2) is 23.1 Å². The Morgan fingerprint density at radius 3 is 2.59 bits per heavy atom. The molecule has 8 heteroatoms. The van der Waals surface area contributed by atoms with Crippen molar-refractivity contribution < 1.29 is 13.2 Å². The number of halogens is 2. The third-order valence-electron chi connectivity index (χ3n) is 3.08. The molecule has 0 fully saturated rings. The van der Waals surface area contributed by atoms with Gasteiger partial charge in [-0.2, -0.15) is 4.31 Å². The van der Waals surface area contributed by atoms with Gasteiger partial charge >= 0.3 is 0 Å². The van der Waals surface area contributed by atoms with Crippen molar-refractivity contribution in [3.05, 3.63) is 28.2 Å². The molecule has 1 aromatic carbocycles. The summed E-state index contributed by atoms with van der Waals surface area (Å²) in [5.74, 6) is -0.356. The maximum Gasteiger partial charge on any atom is 0.244 e. The summed E-state index contributed by atoms with van der Waals surface area (Å²) in [6, 6.07) is 4.19. The van der Waals surface area contributed by atoms with Crippen LogP contribution in [-0.4, -0.2) is 38.3 Å². The van der Waals surface area contributed by atoms with Crippen LogP contribution in [0.4, 0.5) is 0 Å². The summed E-state index contributed by atoms with van der Waals surface area (Å²) < 4.78 is 25.9. The molecule has 124 valence electrons. The third kappa shape index (κ3) is 5.12. The highest BCUT2D eigenvalue weighted by molar-refractivity contribution is 7.89. The number of nitrogens with zero attached hydrogens (tertiary/aromatic N) is 1. The van der Waals surface area contributed by atoms with E-state index in [2.05, 4.69) is 5.32 Å². The average Bonchev–Trinajstić information content (AvgIpc) is 2.41. The van der Waals surface area contributed by atoms with Crippen molar-refractivity contribution in [3.8, 4) is 0 Å². The molecular formula is C14H20Cl2N2O3S. The number of amides is 1. The summed E-state index contributed by atoms with van der Waals surface area (Å²) in [6.45, 7) is 3.61. The molecule has 0 saturated heterocycles. The first kappa shape index (κ1) is 19.2. The van der Waals surface area contributed by atoms with E-state index >= 15 is 0 Å². The van der Waals surface area contributed by atoms with Crippen LogP contribution in [0.2, 0.25) is 10.0 Å². The molecule has 1 amide bonds. The zero-order valence-electron chi connectivity index (χ0n) is 12.8. The Balaban J connectivity index is 2.85. The number of sulfonamides is 1. The maximum absolute atomic E-state index is 12.5. The van der Waals surface area contributed by atoms with Crippen molar-refractivity contribution in [2.45, 2.75) is 37.6 Å². The minimum absolute atomic E-state index is 0.00311. The van der Waals surface area contributed by atoms with E-state index in [9.17, 15) is 13.2 Å². The SMILES string of the molecule is CCC[C@@H](C)NC(=O)CN(C)S(=O)(=O)c1cc(Cl)ccc1Cl. The van der Waals surface area contributed by atoms with Crippen molar-refractivity contribution in [3.63, 3.8) is 0 Å². The molecule has 1 atom stereocenters. The summed E-state index contributed by atoms with van der Waals surface area (Å²) in [4.78, 5) is 11.8. The molecule has 1 rings (SSSR count). The molecule has 0 radical (unpaired) electrons. The second-order valence-electron chi connectivity index (χ2n) is 5.09. The van der Waals surface area contributed by atoms with Gasteiger partial charge in [-0.3, -0.25) is 4.79 Å². The van der Waals surface area contributed by atoms with Crippen molar-refractivity contribution in [2.75, 3.05) is 13.6 Å². The van der Waals surface area contributed by atoms with Crippen molar-refractivity contribution >= 4 is 39.1 Å². The molecule has 0 aliphatic carbocycles. The number of nitrogens with one attached hydrogen (secondary N) is 1. The summed E-state index contributed by atoms with van der Waals surface area (Å²) in [5.41, 5.74) is 0. The molecule has 1 aromatic rings. The highest BCUT2D eigenvalue weighted by Gasteiger charge is 2.26. The van der Waals surface area contributed by atoms with Crippen molar-refractivity contribution in [2.24, 2.45) is 0 Å². The third-order valence-corrected chi connectivity index (χ3v) is 5.60. The van der Waals surface area contributed by atoms with Gasteiger partial charge in [0.2, 0.25) is 15.9 Å². The van der Waals surface area contributed by atoms with E-state index < -0.39 is 10.0 Å². The van der Waals surface area contributed by atoms with E-state index in [1.165, 1.54) is 25.2 Å². The minimum atomic E-state index is -3.88. The summed E-state index contributed by atoms with van der Waals surface area (Å²) in [5, 5.41) is 3.08.